The normalized spacial score (nSPS) is 14.0. The third-order valence-electron chi connectivity index (χ3n) is 7.51. The largest absolute Gasteiger partial charge is 0.330 e. The smallest absolute Gasteiger partial charge is 0.264 e. The molecular formula is C28H24BrFN10OS. The van der Waals surface area contributed by atoms with Gasteiger partial charge in [-0.15, -0.1) is 21.5 Å². The zero-order valence-electron chi connectivity index (χ0n) is 22.9. The van der Waals surface area contributed by atoms with Crippen molar-refractivity contribution in [3.8, 4) is 17.1 Å². The molecular weight excluding hydrogens is 623 g/mol. The average molecular weight is 648 g/mol. The average Bonchev–Trinajstić information content (AvgIpc) is 3.77. The van der Waals surface area contributed by atoms with Crippen molar-refractivity contribution >= 4 is 43.4 Å². The van der Waals surface area contributed by atoms with E-state index in [4.69, 9.17) is 0 Å². The minimum absolute atomic E-state index is 0.0569. The third kappa shape index (κ3) is 4.50. The van der Waals surface area contributed by atoms with Gasteiger partial charge in [0.05, 0.1) is 53.5 Å². The van der Waals surface area contributed by atoms with Gasteiger partial charge < -0.3 is 4.90 Å². The highest BCUT2D eigenvalue weighted by atomic mass is 79.9. The van der Waals surface area contributed by atoms with Crippen LogP contribution < -0.4 is 0 Å². The SMILES string of the molecule is Cc1ccc(-n2nc(C)c3cc(C(=O)N4CCn5ncc(-c6cn([C@@H](C)c7ccc(Br)cc7F)nn6)c5C4)sc32)nn1. The van der Waals surface area contributed by atoms with E-state index in [1.165, 1.54) is 17.4 Å². The number of carbonyl (C=O) groups excluding carboxylic acids is 1. The number of rotatable bonds is 5. The summed E-state index contributed by atoms with van der Waals surface area (Å²) >= 11 is 4.70. The number of amides is 1. The molecule has 0 radical (unpaired) electrons. The Hall–Kier alpha value is -4.30. The van der Waals surface area contributed by atoms with Crippen molar-refractivity contribution in [1.82, 2.24) is 49.7 Å². The van der Waals surface area contributed by atoms with E-state index in [1.54, 1.807) is 33.9 Å². The second-order valence-electron chi connectivity index (χ2n) is 10.2. The van der Waals surface area contributed by atoms with E-state index in [-0.39, 0.29) is 17.8 Å². The number of benzene rings is 1. The summed E-state index contributed by atoms with van der Waals surface area (Å²) in [4.78, 5) is 17.0. The number of hydrogen-bond donors (Lipinski definition) is 0. The number of thiophene rings is 1. The highest BCUT2D eigenvalue weighted by Crippen LogP contribution is 2.33. The molecule has 5 aromatic heterocycles. The van der Waals surface area contributed by atoms with Crippen molar-refractivity contribution in [3.05, 3.63) is 86.6 Å². The van der Waals surface area contributed by atoms with Crippen LogP contribution in [0.3, 0.4) is 0 Å². The maximum atomic E-state index is 14.6. The van der Waals surface area contributed by atoms with Gasteiger partial charge in [0.15, 0.2) is 5.82 Å². The lowest BCUT2D eigenvalue weighted by atomic mass is 10.1. The van der Waals surface area contributed by atoms with Crippen LogP contribution in [-0.4, -0.2) is 62.1 Å². The molecule has 6 heterocycles. The molecule has 0 fully saturated rings. The molecule has 11 nitrogen and oxygen atoms in total. The fraction of sp³-hybridized carbons (Fsp3) is 0.250. The van der Waals surface area contributed by atoms with Crippen LogP contribution >= 0.6 is 27.3 Å². The molecule has 6 aromatic rings. The molecule has 1 amide bonds. The number of aromatic nitrogens is 9. The molecule has 212 valence electrons. The number of aryl methyl sites for hydroxylation is 2. The quantitative estimate of drug-likeness (QED) is 0.256. The second-order valence-corrected chi connectivity index (χ2v) is 12.2. The van der Waals surface area contributed by atoms with E-state index in [2.05, 4.69) is 46.6 Å². The monoisotopic (exact) mass is 646 g/mol. The lowest BCUT2D eigenvalue weighted by Gasteiger charge is -2.28. The highest BCUT2D eigenvalue weighted by Gasteiger charge is 2.28. The summed E-state index contributed by atoms with van der Waals surface area (Å²) in [7, 11) is 0. The Kier molecular flexibility index (Phi) is 6.46. The maximum absolute atomic E-state index is 14.6. The minimum atomic E-state index is -0.359. The van der Waals surface area contributed by atoms with Gasteiger partial charge in [-0.2, -0.15) is 15.3 Å². The molecule has 0 saturated carbocycles. The Morgan fingerprint density at radius 3 is 2.74 bits per heavy atom. The first-order valence-electron chi connectivity index (χ1n) is 13.3. The van der Waals surface area contributed by atoms with Crippen molar-refractivity contribution < 1.29 is 9.18 Å². The van der Waals surface area contributed by atoms with Crippen LogP contribution in [0.4, 0.5) is 4.39 Å². The zero-order valence-corrected chi connectivity index (χ0v) is 25.3. The molecule has 0 spiro atoms. The van der Waals surface area contributed by atoms with E-state index < -0.39 is 0 Å². The van der Waals surface area contributed by atoms with Gasteiger partial charge in [-0.1, -0.05) is 27.2 Å². The lowest BCUT2D eigenvalue weighted by molar-refractivity contribution is 0.0711. The minimum Gasteiger partial charge on any atom is -0.330 e. The summed E-state index contributed by atoms with van der Waals surface area (Å²) in [6, 6.07) is 10.3. The fourth-order valence-corrected chi connectivity index (χ4v) is 6.65. The van der Waals surface area contributed by atoms with Crippen LogP contribution in [0.25, 0.3) is 27.3 Å². The molecule has 0 N–H and O–H groups in total. The van der Waals surface area contributed by atoms with Crippen LogP contribution in [-0.2, 0) is 13.1 Å². The highest BCUT2D eigenvalue weighted by molar-refractivity contribution is 9.10. The maximum Gasteiger partial charge on any atom is 0.264 e. The van der Waals surface area contributed by atoms with Crippen molar-refractivity contribution in [2.24, 2.45) is 0 Å². The van der Waals surface area contributed by atoms with Crippen molar-refractivity contribution in [1.29, 1.82) is 0 Å². The fourth-order valence-electron chi connectivity index (χ4n) is 5.17. The first-order chi connectivity index (χ1) is 20.3. The lowest BCUT2D eigenvalue weighted by Crippen LogP contribution is -2.38. The third-order valence-corrected chi connectivity index (χ3v) is 9.10. The van der Waals surface area contributed by atoms with Gasteiger partial charge in [0, 0.05) is 27.5 Å². The van der Waals surface area contributed by atoms with Crippen LogP contribution in [0, 0.1) is 19.7 Å². The summed E-state index contributed by atoms with van der Waals surface area (Å²) in [6.45, 7) is 7.14. The zero-order chi connectivity index (χ0) is 29.1. The number of carbonyl (C=O) groups is 1. The molecule has 0 unspecified atom stereocenters. The Morgan fingerprint density at radius 2 is 1.95 bits per heavy atom. The second kappa shape index (κ2) is 10.2. The first-order valence-corrected chi connectivity index (χ1v) is 14.9. The van der Waals surface area contributed by atoms with E-state index in [0.717, 1.165) is 32.9 Å². The Labute approximate surface area is 251 Å². The van der Waals surface area contributed by atoms with Crippen LogP contribution in [0.5, 0.6) is 0 Å². The predicted molar refractivity (Wildman–Crippen MR) is 158 cm³/mol. The Bertz CT molecular complexity index is 1970. The molecule has 0 aliphatic carbocycles. The van der Waals surface area contributed by atoms with Gasteiger partial charge in [-0.25, -0.2) is 13.8 Å². The number of halogens is 2. The van der Waals surface area contributed by atoms with E-state index in [1.807, 2.05) is 48.6 Å². The molecule has 0 bridgehead atoms. The number of nitrogens with zero attached hydrogens (tertiary/aromatic N) is 10. The summed E-state index contributed by atoms with van der Waals surface area (Å²) in [5, 5.41) is 27.2. The van der Waals surface area contributed by atoms with Gasteiger partial charge in [-0.05, 0) is 51.1 Å². The summed E-state index contributed by atoms with van der Waals surface area (Å²) in [5.41, 5.74) is 4.44. The van der Waals surface area contributed by atoms with E-state index in [9.17, 15) is 9.18 Å². The van der Waals surface area contributed by atoms with Gasteiger partial charge in [0.25, 0.3) is 5.91 Å². The predicted octanol–water partition coefficient (Wildman–Crippen LogP) is 5.12. The summed E-state index contributed by atoms with van der Waals surface area (Å²) in [5.74, 6) is 0.233. The topological polar surface area (TPSA) is 112 Å². The molecule has 14 heteroatoms. The Morgan fingerprint density at radius 1 is 1.10 bits per heavy atom. The Balaban J connectivity index is 1.15. The van der Waals surface area contributed by atoms with E-state index in [0.29, 0.717) is 46.1 Å². The van der Waals surface area contributed by atoms with Gasteiger partial charge >= 0.3 is 0 Å². The first kappa shape index (κ1) is 26.6. The van der Waals surface area contributed by atoms with Crippen molar-refractivity contribution in [2.75, 3.05) is 6.54 Å². The van der Waals surface area contributed by atoms with Gasteiger partial charge in [-0.3, -0.25) is 9.48 Å². The summed E-state index contributed by atoms with van der Waals surface area (Å²) in [6.07, 6.45) is 3.54. The van der Waals surface area contributed by atoms with Gasteiger partial charge in [0.2, 0.25) is 0 Å². The van der Waals surface area contributed by atoms with Crippen LogP contribution in [0.15, 0.2) is 53.3 Å². The van der Waals surface area contributed by atoms with Crippen LogP contribution in [0.2, 0.25) is 0 Å². The van der Waals surface area contributed by atoms with Gasteiger partial charge in [0.1, 0.15) is 16.3 Å². The molecule has 1 aromatic carbocycles. The van der Waals surface area contributed by atoms with E-state index >= 15 is 0 Å². The number of fused-ring (bicyclic) bond motifs is 2. The van der Waals surface area contributed by atoms with Crippen LogP contribution in [0.1, 0.15) is 45.3 Å². The molecule has 42 heavy (non-hydrogen) atoms. The standard InChI is InChI=1S/C28H24BrFN10OS/c1-15-4-7-26(34-32-15)40-28-20(16(2)35-40)11-25(42-28)27(41)37-8-9-38-24(14-37)21(12-31-38)23-13-39(36-33-23)17(3)19-6-5-18(29)10-22(19)30/h4-7,10-13,17H,8-9,14H2,1-3H3/t17-/m0/s1. The molecule has 7 rings (SSSR count). The molecule has 1 aliphatic heterocycles. The van der Waals surface area contributed by atoms with Crippen molar-refractivity contribution in [3.63, 3.8) is 0 Å². The molecule has 0 saturated heterocycles. The number of hydrogen-bond acceptors (Lipinski definition) is 8. The molecule has 1 aliphatic rings. The summed E-state index contributed by atoms with van der Waals surface area (Å²) < 4.78 is 20.5. The molecule has 1 atom stereocenters. The van der Waals surface area contributed by atoms with Crippen molar-refractivity contribution in [2.45, 2.75) is 39.9 Å².